The van der Waals surface area contributed by atoms with Crippen molar-refractivity contribution in [2.75, 3.05) is 24.3 Å². The van der Waals surface area contributed by atoms with Crippen molar-refractivity contribution in [1.82, 2.24) is 19.9 Å². The van der Waals surface area contributed by atoms with Gasteiger partial charge < -0.3 is 10.1 Å². The van der Waals surface area contributed by atoms with Gasteiger partial charge in [0.2, 0.25) is 0 Å². The molecule has 10 heteroatoms. The Morgan fingerprint density at radius 2 is 2.19 bits per heavy atom. The van der Waals surface area contributed by atoms with E-state index in [4.69, 9.17) is 4.74 Å². The van der Waals surface area contributed by atoms with Gasteiger partial charge in [0.25, 0.3) is 5.91 Å². The van der Waals surface area contributed by atoms with Crippen LogP contribution in [0.2, 0.25) is 0 Å². The number of nitrogens with one attached hydrogen (secondary N) is 1. The van der Waals surface area contributed by atoms with Crippen molar-refractivity contribution >= 4 is 56.2 Å². The Balaban J connectivity index is 1.44. The lowest BCUT2D eigenvalue weighted by Gasteiger charge is -2.03. The van der Waals surface area contributed by atoms with Crippen LogP contribution in [0, 0.1) is 6.92 Å². The predicted octanol–water partition coefficient (Wildman–Crippen LogP) is 5.07. The van der Waals surface area contributed by atoms with E-state index < -0.39 is 0 Å². The minimum Gasteiger partial charge on any atom is -0.377 e. The number of aromatic nitrogens is 4. The van der Waals surface area contributed by atoms with E-state index in [0.717, 1.165) is 26.0 Å². The number of nitrogens with zero attached hydrogens (tertiary/aromatic N) is 4. The molecule has 0 fully saturated rings. The number of hydrogen-bond donors (Lipinski definition) is 1. The van der Waals surface area contributed by atoms with Crippen LogP contribution in [-0.2, 0) is 4.74 Å². The monoisotopic (exact) mass is 469 g/mol. The fraction of sp³-hybridized carbons (Fsp3) is 0.190. The molecule has 0 aliphatic carbocycles. The molecule has 0 saturated carbocycles. The van der Waals surface area contributed by atoms with Gasteiger partial charge in [0.1, 0.15) is 15.6 Å². The molecule has 1 aromatic carbocycles. The highest BCUT2D eigenvalue weighted by Gasteiger charge is 2.17. The van der Waals surface area contributed by atoms with Crippen LogP contribution in [0.5, 0.6) is 0 Å². The Morgan fingerprint density at radius 1 is 1.29 bits per heavy atom. The number of fused-ring (bicyclic) bond motifs is 1. The van der Waals surface area contributed by atoms with Crippen molar-refractivity contribution in [3.8, 4) is 10.7 Å². The third-order valence-electron chi connectivity index (χ3n) is 4.10. The zero-order chi connectivity index (χ0) is 21.6. The maximum atomic E-state index is 12.8. The quantitative estimate of drug-likeness (QED) is 0.208. The zero-order valence-corrected chi connectivity index (χ0v) is 19.1. The molecular weight excluding hydrogens is 450 g/mol. The number of ether oxygens (including phenoxy) is 1. The summed E-state index contributed by atoms with van der Waals surface area (Å²) < 4.78 is 7.40. The Hall–Kier alpha value is -2.66. The summed E-state index contributed by atoms with van der Waals surface area (Å²) in [5.74, 6) is 0.638. The Bertz CT molecular complexity index is 1210. The lowest BCUT2D eigenvalue weighted by Crippen LogP contribution is -2.11. The molecule has 1 amide bonds. The number of carbonyl (C=O) groups excluding carboxylic acids is 1. The highest BCUT2D eigenvalue weighted by atomic mass is 32.2. The third kappa shape index (κ3) is 5.34. The van der Waals surface area contributed by atoms with E-state index in [1.54, 1.807) is 47.8 Å². The first-order valence-corrected chi connectivity index (χ1v) is 12.0. The minimum absolute atomic E-state index is 0.192. The van der Waals surface area contributed by atoms with E-state index in [1.165, 1.54) is 11.3 Å². The molecule has 0 atom stereocenters. The van der Waals surface area contributed by atoms with Crippen molar-refractivity contribution in [3.05, 3.63) is 60.0 Å². The lowest BCUT2D eigenvalue weighted by atomic mass is 10.3. The van der Waals surface area contributed by atoms with Gasteiger partial charge in [0.05, 0.1) is 35.3 Å². The molecule has 3 aromatic heterocycles. The second kappa shape index (κ2) is 10.1. The second-order valence-corrected chi connectivity index (χ2v) is 9.72. The van der Waals surface area contributed by atoms with Gasteiger partial charge in [-0.3, -0.25) is 14.8 Å². The minimum atomic E-state index is -0.192. The van der Waals surface area contributed by atoms with Gasteiger partial charge in [0.15, 0.2) is 4.34 Å². The molecule has 31 heavy (non-hydrogen) atoms. The van der Waals surface area contributed by atoms with E-state index in [-0.39, 0.29) is 5.91 Å². The Kier molecular flexibility index (Phi) is 7.03. The Morgan fingerprint density at radius 3 is 3.00 bits per heavy atom. The van der Waals surface area contributed by atoms with Crippen LogP contribution < -0.4 is 5.32 Å². The summed E-state index contributed by atoms with van der Waals surface area (Å²) >= 11 is 4.57. The average molecular weight is 470 g/mol. The number of thioether (sulfide) groups is 1. The van der Waals surface area contributed by atoms with E-state index in [1.807, 2.05) is 25.1 Å². The molecule has 1 N–H and O–H groups in total. The van der Waals surface area contributed by atoms with Gasteiger partial charge >= 0.3 is 0 Å². The molecule has 0 aliphatic heterocycles. The van der Waals surface area contributed by atoms with Gasteiger partial charge in [-0.2, -0.15) is 0 Å². The maximum absolute atomic E-state index is 12.8. The number of anilines is 1. The van der Waals surface area contributed by atoms with E-state index in [9.17, 15) is 4.79 Å². The fourth-order valence-corrected chi connectivity index (χ4v) is 5.66. The van der Waals surface area contributed by atoms with Gasteiger partial charge in [-0.15, -0.1) is 29.3 Å². The van der Waals surface area contributed by atoms with Crippen LogP contribution in [0.25, 0.3) is 20.9 Å². The summed E-state index contributed by atoms with van der Waals surface area (Å²) in [5, 5.41) is 3.64. The van der Waals surface area contributed by atoms with Crippen LogP contribution in [0.1, 0.15) is 15.4 Å². The number of carbonyl (C=O) groups is 1. The summed E-state index contributed by atoms with van der Waals surface area (Å²) in [6.45, 7) is 6.66. The SMILES string of the molecule is C=CCOCCSc1nc2ccc(NC(=O)c3sc(-c4cnccn4)nc3C)cc2s1. The first-order valence-electron chi connectivity index (χ1n) is 9.41. The smallest absolute Gasteiger partial charge is 0.267 e. The molecule has 158 valence electrons. The maximum Gasteiger partial charge on any atom is 0.267 e. The third-order valence-corrected chi connectivity index (χ3v) is 7.40. The summed E-state index contributed by atoms with van der Waals surface area (Å²) in [5.41, 5.74) is 2.96. The molecular formula is C21H19N5O2S3. The van der Waals surface area contributed by atoms with E-state index >= 15 is 0 Å². The molecule has 0 radical (unpaired) electrons. The molecule has 0 unspecified atom stereocenters. The van der Waals surface area contributed by atoms with Crippen molar-refractivity contribution < 1.29 is 9.53 Å². The van der Waals surface area contributed by atoms with Gasteiger partial charge in [0, 0.05) is 23.8 Å². The first kappa shape index (κ1) is 21.6. The van der Waals surface area contributed by atoms with Crippen molar-refractivity contribution in [2.45, 2.75) is 11.3 Å². The van der Waals surface area contributed by atoms with Crippen molar-refractivity contribution in [3.63, 3.8) is 0 Å². The number of amides is 1. The second-order valence-electron chi connectivity index (χ2n) is 6.35. The van der Waals surface area contributed by atoms with Gasteiger partial charge in [-0.25, -0.2) is 9.97 Å². The highest BCUT2D eigenvalue weighted by molar-refractivity contribution is 8.01. The Labute approximate surface area is 191 Å². The lowest BCUT2D eigenvalue weighted by molar-refractivity contribution is 0.103. The number of aryl methyl sites for hydroxylation is 1. The number of benzene rings is 1. The summed E-state index contributed by atoms with van der Waals surface area (Å²) in [6, 6.07) is 5.73. The molecule has 7 nitrogen and oxygen atoms in total. The standard InChI is InChI=1S/C21H19N5O2S3/c1-3-8-28-9-10-29-21-26-15-5-4-14(11-17(15)30-21)25-19(27)18-13(2)24-20(31-18)16-12-22-6-7-23-16/h3-7,11-12H,1,8-10H2,2H3,(H,25,27). The molecule has 0 saturated heterocycles. The average Bonchev–Trinajstić information content (AvgIpc) is 3.37. The summed E-state index contributed by atoms with van der Waals surface area (Å²) in [4.78, 5) is 30.8. The fourth-order valence-electron chi connectivity index (χ4n) is 2.71. The van der Waals surface area contributed by atoms with Crippen molar-refractivity contribution in [1.29, 1.82) is 0 Å². The largest absolute Gasteiger partial charge is 0.377 e. The number of hydrogen-bond acceptors (Lipinski definition) is 9. The topological polar surface area (TPSA) is 89.9 Å². The van der Waals surface area contributed by atoms with E-state index in [0.29, 0.717) is 34.5 Å². The number of thiazole rings is 2. The number of rotatable bonds is 9. The van der Waals surface area contributed by atoms with Gasteiger partial charge in [-0.05, 0) is 25.1 Å². The summed E-state index contributed by atoms with van der Waals surface area (Å²) in [6.07, 6.45) is 6.59. The van der Waals surface area contributed by atoms with Crippen molar-refractivity contribution in [2.24, 2.45) is 0 Å². The molecule has 4 aromatic rings. The molecule has 0 spiro atoms. The molecule has 3 heterocycles. The molecule has 0 bridgehead atoms. The van der Waals surface area contributed by atoms with Crippen LogP contribution >= 0.6 is 34.4 Å². The van der Waals surface area contributed by atoms with Crippen LogP contribution in [0.3, 0.4) is 0 Å². The molecule has 4 rings (SSSR count). The predicted molar refractivity (Wildman–Crippen MR) is 127 cm³/mol. The van der Waals surface area contributed by atoms with Crippen LogP contribution in [0.15, 0.2) is 53.8 Å². The normalized spacial score (nSPS) is 11.0. The summed E-state index contributed by atoms with van der Waals surface area (Å²) in [7, 11) is 0. The zero-order valence-electron chi connectivity index (χ0n) is 16.7. The van der Waals surface area contributed by atoms with Crippen LogP contribution in [-0.4, -0.2) is 44.8 Å². The first-order chi connectivity index (χ1) is 15.1. The van der Waals surface area contributed by atoms with Crippen LogP contribution in [0.4, 0.5) is 5.69 Å². The van der Waals surface area contributed by atoms with E-state index in [2.05, 4.69) is 31.8 Å². The highest BCUT2D eigenvalue weighted by Crippen LogP contribution is 2.32. The molecule has 0 aliphatic rings. The van der Waals surface area contributed by atoms with Gasteiger partial charge in [-0.1, -0.05) is 17.8 Å².